The van der Waals surface area contributed by atoms with E-state index in [0.717, 1.165) is 17.1 Å². The molecule has 0 unspecified atom stereocenters. The van der Waals surface area contributed by atoms with Gasteiger partial charge in [-0.1, -0.05) is 200 Å². The number of hydrogen-bond donors (Lipinski definition) is 0. The molecular formula is C60H39NS2. The first-order valence-electron chi connectivity index (χ1n) is 21.4. The minimum absolute atomic E-state index is 1.09. The molecule has 0 bridgehead atoms. The Hall–Kier alpha value is -7.56. The van der Waals surface area contributed by atoms with Gasteiger partial charge in [0.1, 0.15) is 0 Å². The van der Waals surface area contributed by atoms with E-state index in [1.165, 1.54) is 96.0 Å². The molecule has 2 aromatic heterocycles. The number of para-hydroxylation sites is 1. The first-order chi connectivity index (χ1) is 31.3. The van der Waals surface area contributed by atoms with Gasteiger partial charge in [-0.3, -0.25) is 0 Å². The normalized spacial score (nSPS) is 11.5. The summed E-state index contributed by atoms with van der Waals surface area (Å²) in [5, 5.41) is 5.19. The van der Waals surface area contributed by atoms with Crippen molar-refractivity contribution in [2.75, 3.05) is 4.90 Å². The van der Waals surface area contributed by atoms with Crippen LogP contribution in [-0.2, 0) is 0 Å². The zero-order chi connectivity index (χ0) is 41.7. The van der Waals surface area contributed by atoms with E-state index in [1.54, 1.807) is 0 Å². The molecule has 0 amide bonds. The fourth-order valence-electron chi connectivity index (χ4n) is 9.49. The number of thiophene rings is 2. The van der Waals surface area contributed by atoms with Gasteiger partial charge in [0.25, 0.3) is 0 Å². The molecule has 296 valence electrons. The van der Waals surface area contributed by atoms with Crippen molar-refractivity contribution in [2.24, 2.45) is 0 Å². The fourth-order valence-corrected chi connectivity index (χ4v) is 12.0. The van der Waals surface area contributed by atoms with Crippen molar-refractivity contribution >= 4 is 80.1 Å². The van der Waals surface area contributed by atoms with Gasteiger partial charge in [-0.15, -0.1) is 22.7 Å². The molecule has 12 rings (SSSR count). The summed E-state index contributed by atoms with van der Waals surface area (Å²) < 4.78 is 5.21. The molecule has 10 aromatic carbocycles. The summed E-state index contributed by atoms with van der Waals surface area (Å²) in [4.78, 5) is 2.53. The third-order valence-electron chi connectivity index (χ3n) is 12.3. The molecule has 0 aliphatic carbocycles. The van der Waals surface area contributed by atoms with Crippen molar-refractivity contribution in [3.8, 4) is 55.6 Å². The van der Waals surface area contributed by atoms with Crippen molar-refractivity contribution in [1.29, 1.82) is 0 Å². The molecule has 0 aliphatic rings. The van der Waals surface area contributed by atoms with Gasteiger partial charge >= 0.3 is 0 Å². The highest BCUT2D eigenvalue weighted by Crippen LogP contribution is 2.52. The molecule has 0 saturated heterocycles. The first kappa shape index (κ1) is 37.2. The predicted molar refractivity (Wildman–Crippen MR) is 274 cm³/mol. The average molecular weight is 838 g/mol. The highest BCUT2D eigenvalue weighted by atomic mass is 32.1. The molecular weight excluding hydrogens is 799 g/mol. The van der Waals surface area contributed by atoms with E-state index in [1.807, 2.05) is 22.7 Å². The zero-order valence-corrected chi connectivity index (χ0v) is 35.9. The Morgan fingerprint density at radius 2 is 0.714 bits per heavy atom. The van der Waals surface area contributed by atoms with Crippen molar-refractivity contribution in [3.05, 3.63) is 237 Å². The number of fused-ring (bicyclic) bond motifs is 6. The van der Waals surface area contributed by atoms with E-state index in [4.69, 9.17) is 0 Å². The maximum Gasteiger partial charge on any atom is 0.0546 e. The monoisotopic (exact) mass is 837 g/mol. The average Bonchev–Trinajstić information content (AvgIpc) is 3.94. The predicted octanol–water partition coefficient (Wildman–Crippen LogP) is 18.2. The van der Waals surface area contributed by atoms with Crippen molar-refractivity contribution in [3.63, 3.8) is 0 Å². The Kier molecular flexibility index (Phi) is 9.29. The van der Waals surface area contributed by atoms with E-state index in [2.05, 4.69) is 241 Å². The lowest BCUT2D eigenvalue weighted by molar-refractivity contribution is 1.28. The number of rotatable bonds is 8. The second-order valence-electron chi connectivity index (χ2n) is 15.9. The van der Waals surface area contributed by atoms with Crippen LogP contribution in [0.25, 0.3) is 96.0 Å². The van der Waals surface area contributed by atoms with Crippen molar-refractivity contribution in [2.45, 2.75) is 0 Å². The summed E-state index contributed by atoms with van der Waals surface area (Å²) in [5.41, 5.74) is 15.2. The van der Waals surface area contributed by atoms with Gasteiger partial charge in [0.05, 0.1) is 11.4 Å². The van der Waals surface area contributed by atoms with Crippen LogP contribution in [-0.4, -0.2) is 0 Å². The molecule has 3 heteroatoms. The van der Waals surface area contributed by atoms with Gasteiger partial charge < -0.3 is 4.90 Å². The largest absolute Gasteiger partial charge is 0.309 e. The molecule has 2 heterocycles. The summed E-state index contributed by atoms with van der Waals surface area (Å²) in [5.74, 6) is 0. The Morgan fingerprint density at radius 3 is 1.41 bits per heavy atom. The number of nitrogens with zero attached hydrogens (tertiary/aromatic N) is 1. The Balaban J connectivity index is 1.16. The van der Waals surface area contributed by atoms with Crippen LogP contribution in [0.2, 0.25) is 0 Å². The van der Waals surface area contributed by atoms with E-state index in [9.17, 15) is 0 Å². The lowest BCUT2D eigenvalue weighted by Gasteiger charge is -2.32. The third-order valence-corrected chi connectivity index (χ3v) is 14.7. The van der Waals surface area contributed by atoms with Gasteiger partial charge in [0.2, 0.25) is 0 Å². The standard InChI is InChI=1S/C60H39NS2/c1-3-19-40(20-4-1)44-25-7-8-29-50(44)58-45(41-21-5-2-6-22-41)30-18-36-55(58)61(43-24-15-23-42(39-43)46-31-16-33-52-48-27-10-13-37-56(48)62-59(46)52)54-35-12-9-26-47(54)51-32-17-34-53-49-28-11-14-38-57(49)63-60(51)53/h1-39H. The van der Waals surface area contributed by atoms with E-state index >= 15 is 0 Å². The van der Waals surface area contributed by atoms with Crippen LogP contribution in [0.5, 0.6) is 0 Å². The quantitative estimate of drug-likeness (QED) is 0.147. The topological polar surface area (TPSA) is 3.24 Å². The van der Waals surface area contributed by atoms with E-state index in [0.29, 0.717) is 0 Å². The van der Waals surface area contributed by atoms with Crippen LogP contribution in [0.15, 0.2) is 237 Å². The number of benzene rings is 10. The van der Waals surface area contributed by atoms with Gasteiger partial charge in [-0.25, -0.2) is 0 Å². The second kappa shape index (κ2) is 15.7. The smallest absolute Gasteiger partial charge is 0.0546 e. The van der Waals surface area contributed by atoms with Crippen LogP contribution >= 0.6 is 22.7 Å². The highest BCUT2D eigenvalue weighted by Gasteiger charge is 2.26. The maximum absolute atomic E-state index is 2.53. The maximum atomic E-state index is 2.53. The summed E-state index contributed by atoms with van der Waals surface area (Å²) in [6.07, 6.45) is 0. The van der Waals surface area contributed by atoms with Gasteiger partial charge in [0, 0.05) is 62.7 Å². The van der Waals surface area contributed by atoms with Crippen LogP contribution in [0.1, 0.15) is 0 Å². The van der Waals surface area contributed by atoms with Crippen molar-refractivity contribution in [1.82, 2.24) is 0 Å². The minimum atomic E-state index is 1.09. The summed E-state index contributed by atoms with van der Waals surface area (Å²) in [7, 11) is 0. The third kappa shape index (κ3) is 6.44. The molecule has 1 nitrogen and oxygen atoms in total. The highest BCUT2D eigenvalue weighted by molar-refractivity contribution is 7.26. The summed E-state index contributed by atoms with van der Waals surface area (Å²) in [6, 6.07) is 86.8. The lowest BCUT2D eigenvalue weighted by Crippen LogP contribution is -2.13. The molecule has 0 spiro atoms. The van der Waals surface area contributed by atoms with Crippen LogP contribution in [0.4, 0.5) is 17.1 Å². The summed E-state index contributed by atoms with van der Waals surface area (Å²) >= 11 is 3.76. The SMILES string of the molecule is c1ccc(-c2ccccc2-c2c(-c3ccccc3)cccc2N(c2cccc(-c3cccc4c3sc3ccccc34)c2)c2ccccc2-c2cccc3c2sc2ccccc23)cc1. The number of anilines is 3. The van der Waals surface area contributed by atoms with Crippen LogP contribution in [0.3, 0.4) is 0 Å². The van der Waals surface area contributed by atoms with Gasteiger partial charge in [0.15, 0.2) is 0 Å². The van der Waals surface area contributed by atoms with Gasteiger partial charge in [-0.05, 0) is 75.3 Å². The zero-order valence-electron chi connectivity index (χ0n) is 34.3. The summed E-state index contributed by atoms with van der Waals surface area (Å²) in [6.45, 7) is 0. The molecule has 0 radical (unpaired) electrons. The molecule has 0 N–H and O–H groups in total. The van der Waals surface area contributed by atoms with Gasteiger partial charge in [-0.2, -0.15) is 0 Å². The lowest BCUT2D eigenvalue weighted by atomic mass is 9.87. The molecule has 0 aliphatic heterocycles. The Bertz CT molecular complexity index is 3640. The molecule has 0 atom stereocenters. The van der Waals surface area contributed by atoms with Crippen LogP contribution in [0, 0.1) is 0 Å². The molecule has 0 saturated carbocycles. The Labute approximate surface area is 375 Å². The number of hydrogen-bond acceptors (Lipinski definition) is 3. The minimum Gasteiger partial charge on any atom is -0.309 e. The van der Waals surface area contributed by atoms with E-state index < -0.39 is 0 Å². The van der Waals surface area contributed by atoms with E-state index in [-0.39, 0.29) is 0 Å². The Morgan fingerprint density at radius 1 is 0.270 bits per heavy atom. The molecule has 0 fully saturated rings. The fraction of sp³-hybridized carbons (Fsp3) is 0. The molecule has 63 heavy (non-hydrogen) atoms. The second-order valence-corrected chi connectivity index (χ2v) is 18.0. The molecule has 12 aromatic rings. The first-order valence-corrected chi connectivity index (χ1v) is 23.1. The van der Waals surface area contributed by atoms with Crippen LogP contribution < -0.4 is 4.90 Å². The van der Waals surface area contributed by atoms with Crippen molar-refractivity contribution < 1.29 is 0 Å².